The number of aromatic amines is 2. The molecule has 4 N–H and O–H groups in total. The summed E-state index contributed by atoms with van der Waals surface area (Å²) in [5.41, 5.74) is -2.08. The summed E-state index contributed by atoms with van der Waals surface area (Å²) in [6.45, 7) is 10.8. The number of hydrogen-bond donors (Lipinski definition) is 4. The van der Waals surface area contributed by atoms with Crippen LogP contribution in [0.1, 0.15) is 66.8 Å². The van der Waals surface area contributed by atoms with Gasteiger partial charge in [-0.2, -0.15) is 26.3 Å². The number of benzene rings is 2. The smallest absolute Gasteiger partial charge is 0.492 e. The predicted octanol–water partition coefficient (Wildman–Crippen LogP) is 7.94. The molecule has 0 atom stereocenters. The van der Waals surface area contributed by atoms with E-state index in [1.165, 1.54) is 12.4 Å². The number of carboxylic acid groups (broad SMARTS) is 2. The van der Waals surface area contributed by atoms with E-state index in [1.54, 1.807) is 113 Å². The third-order valence-corrected chi connectivity index (χ3v) is 10.6. The molecule has 0 unspecified atom stereocenters. The van der Waals surface area contributed by atoms with Gasteiger partial charge in [0.1, 0.15) is 47.2 Å². The summed E-state index contributed by atoms with van der Waals surface area (Å²) in [5, 5.41) is 18.3. The van der Waals surface area contributed by atoms with Crippen LogP contribution in [0.25, 0.3) is 45.3 Å². The maximum atomic E-state index is 13.2. The van der Waals surface area contributed by atoms with Gasteiger partial charge in [-0.3, -0.25) is 19.6 Å². The maximum Gasteiger partial charge on any atom is 1.00 e. The van der Waals surface area contributed by atoms with E-state index in [2.05, 4.69) is 29.9 Å². The van der Waals surface area contributed by atoms with Crippen LogP contribution in [-0.2, 0) is 20.4 Å². The molecule has 12 nitrogen and oxygen atoms in total. The monoisotopic (exact) mass is 917 g/mol. The zero-order chi connectivity index (χ0) is 47.5. The molecular formula is C46H48F6N6NaO6+. The van der Waals surface area contributed by atoms with E-state index in [4.69, 9.17) is 19.7 Å². The fraction of sp³-hybridized carbons (Fsp3) is 0.348. The Bertz CT molecular complexity index is 2360. The molecule has 0 radical (unpaired) electrons. The summed E-state index contributed by atoms with van der Waals surface area (Å²) in [4.78, 5) is 44.7. The average Bonchev–Trinajstić information content (AvgIpc) is 3.95. The molecule has 6 rings (SSSR count). The summed E-state index contributed by atoms with van der Waals surface area (Å²) in [7, 11) is 0. The number of alkyl halides is 6. The second-order valence-electron chi connectivity index (χ2n) is 17.4. The molecule has 2 aromatic carbocycles. The van der Waals surface area contributed by atoms with Gasteiger partial charge in [0.25, 0.3) is 0 Å². The van der Waals surface area contributed by atoms with E-state index >= 15 is 0 Å². The molecule has 0 amide bonds. The van der Waals surface area contributed by atoms with Gasteiger partial charge in [0.15, 0.2) is 0 Å². The minimum atomic E-state index is -4.40. The topological polar surface area (TPSA) is 176 Å². The van der Waals surface area contributed by atoms with Crippen LogP contribution in [0.5, 0.6) is 11.5 Å². The Kier molecular flexibility index (Phi) is 15.8. The normalized spacial score (nSPS) is 12.4. The van der Waals surface area contributed by atoms with Crippen LogP contribution in [-0.4, -0.2) is 77.6 Å². The standard InChI is InChI=1S/2C23H24F3N3O3.Na/c2*1-21(2,20(30)31)13-32-16-8-5-14(6-9-16)17-10-7-15(11-27-17)19-28-12-18(29-19)22(3,4)23(24,25)26;/h2*5-12H,13H2,1-4H3,(H,28,29)(H,30,31);/q;;+1. The predicted molar refractivity (Wildman–Crippen MR) is 226 cm³/mol. The van der Waals surface area contributed by atoms with Crippen molar-refractivity contribution in [1.82, 2.24) is 29.9 Å². The average molecular weight is 918 g/mol. The number of aromatic nitrogens is 6. The van der Waals surface area contributed by atoms with Crippen molar-refractivity contribution in [3.8, 4) is 56.8 Å². The fourth-order valence-electron chi connectivity index (χ4n) is 5.38. The van der Waals surface area contributed by atoms with E-state index in [0.29, 0.717) is 45.7 Å². The van der Waals surface area contributed by atoms with Crippen molar-refractivity contribution in [2.45, 2.75) is 78.6 Å². The summed E-state index contributed by atoms with van der Waals surface area (Å²) in [5.74, 6) is -0.194. The van der Waals surface area contributed by atoms with E-state index in [1.807, 2.05) is 0 Å². The number of nitrogens with one attached hydrogen (secondary N) is 2. The summed E-state index contributed by atoms with van der Waals surface area (Å²) < 4.78 is 90.6. The molecule has 6 aromatic rings. The SMILES string of the molecule is CC(C)(COc1ccc(-c2ccc(-c3ncc(C(C)(C)C(F)(F)F)[nH]3)cn2)cc1)C(=O)O.CC(C)(COc1ccc(-c2ccc(-c3ncc(C(C)(C)C(F)(F)F)[nH]3)cn2)cc1)C(=O)O.[Na+]. The molecule has 0 saturated heterocycles. The number of nitrogens with zero attached hydrogens (tertiary/aromatic N) is 4. The summed E-state index contributed by atoms with van der Waals surface area (Å²) in [6.07, 6.45) is -3.34. The van der Waals surface area contributed by atoms with Gasteiger partial charge in [-0.25, -0.2) is 9.97 Å². The quantitative estimate of drug-likeness (QED) is 0.0620. The Morgan fingerprint density at radius 1 is 0.492 bits per heavy atom. The van der Waals surface area contributed by atoms with Crippen LogP contribution >= 0.6 is 0 Å². The number of carbonyl (C=O) groups is 2. The Balaban J connectivity index is 0.000000280. The van der Waals surface area contributed by atoms with E-state index in [9.17, 15) is 35.9 Å². The van der Waals surface area contributed by atoms with Crippen molar-refractivity contribution >= 4 is 11.9 Å². The second kappa shape index (κ2) is 19.8. The molecule has 65 heavy (non-hydrogen) atoms. The van der Waals surface area contributed by atoms with E-state index in [-0.39, 0.29) is 54.2 Å². The number of pyridine rings is 2. The van der Waals surface area contributed by atoms with Crippen LogP contribution in [0.4, 0.5) is 26.3 Å². The zero-order valence-corrected chi connectivity index (χ0v) is 39.2. The van der Waals surface area contributed by atoms with Crippen LogP contribution in [0.15, 0.2) is 97.6 Å². The first-order chi connectivity index (χ1) is 29.6. The molecule has 0 aliphatic rings. The first kappa shape index (κ1) is 51.9. The second-order valence-corrected chi connectivity index (χ2v) is 17.4. The van der Waals surface area contributed by atoms with Gasteiger partial charge in [-0.1, -0.05) is 0 Å². The number of imidazole rings is 2. The van der Waals surface area contributed by atoms with Gasteiger partial charge in [-0.05, 0) is 128 Å². The molecule has 0 fully saturated rings. The Morgan fingerprint density at radius 2 is 0.800 bits per heavy atom. The van der Waals surface area contributed by atoms with Gasteiger partial charge in [-0.15, -0.1) is 0 Å². The minimum absolute atomic E-state index is 0. The third kappa shape index (κ3) is 12.3. The number of ether oxygens (including phenoxy) is 2. The number of H-pyrrole nitrogens is 2. The van der Waals surface area contributed by atoms with Crippen LogP contribution in [0, 0.1) is 10.8 Å². The molecule has 0 aliphatic heterocycles. The molecular weight excluding hydrogens is 870 g/mol. The number of aliphatic carboxylic acids is 2. The van der Waals surface area contributed by atoms with Gasteiger partial charge >= 0.3 is 53.8 Å². The molecule has 0 aliphatic carbocycles. The number of halogens is 6. The summed E-state index contributed by atoms with van der Waals surface area (Å²) >= 11 is 0. The van der Waals surface area contributed by atoms with Crippen LogP contribution in [0.3, 0.4) is 0 Å². The molecule has 4 heterocycles. The molecule has 4 aromatic heterocycles. The van der Waals surface area contributed by atoms with Crippen molar-refractivity contribution in [2.75, 3.05) is 13.2 Å². The van der Waals surface area contributed by atoms with Gasteiger partial charge in [0.2, 0.25) is 0 Å². The van der Waals surface area contributed by atoms with Crippen LogP contribution < -0.4 is 39.0 Å². The Hall–Kier alpha value is -5.72. The first-order valence-corrected chi connectivity index (χ1v) is 19.7. The minimum Gasteiger partial charge on any atom is -0.492 e. The van der Waals surface area contributed by atoms with Gasteiger partial charge < -0.3 is 29.7 Å². The van der Waals surface area contributed by atoms with Crippen molar-refractivity contribution in [2.24, 2.45) is 10.8 Å². The summed E-state index contributed by atoms with van der Waals surface area (Å²) in [6, 6.07) is 21.0. The number of rotatable bonds is 14. The van der Waals surface area contributed by atoms with E-state index < -0.39 is 46.0 Å². The van der Waals surface area contributed by atoms with E-state index in [0.717, 1.165) is 38.8 Å². The molecule has 19 heteroatoms. The number of hydrogen-bond acceptors (Lipinski definition) is 8. The van der Waals surface area contributed by atoms with Crippen molar-refractivity contribution in [1.29, 1.82) is 0 Å². The van der Waals surface area contributed by atoms with Crippen molar-refractivity contribution in [3.63, 3.8) is 0 Å². The molecule has 0 spiro atoms. The fourth-order valence-corrected chi connectivity index (χ4v) is 5.38. The number of carboxylic acids is 2. The largest absolute Gasteiger partial charge is 1.00 e. The Morgan fingerprint density at radius 3 is 1.06 bits per heavy atom. The first-order valence-electron chi connectivity index (χ1n) is 19.7. The maximum absolute atomic E-state index is 13.2. The molecule has 0 saturated carbocycles. The Labute approximate surface area is 393 Å². The third-order valence-electron chi connectivity index (χ3n) is 10.6. The van der Waals surface area contributed by atoms with Crippen molar-refractivity contribution < 1.29 is 85.2 Å². The molecule has 340 valence electrons. The van der Waals surface area contributed by atoms with Gasteiger partial charge in [0, 0.05) is 58.4 Å². The van der Waals surface area contributed by atoms with Crippen molar-refractivity contribution in [3.05, 3.63) is 109 Å². The molecule has 0 bridgehead atoms. The van der Waals surface area contributed by atoms with Gasteiger partial charge in [0.05, 0.1) is 22.2 Å². The zero-order valence-electron chi connectivity index (χ0n) is 37.2. The van der Waals surface area contributed by atoms with Crippen LogP contribution in [0.2, 0.25) is 0 Å².